The van der Waals surface area contributed by atoms with Crippen LogP contribution in [0.3, 0.4) is 0 Å². The highest BCUT2D eigenvalue weighted by molar-refractivity contribution is 7.98. The molecule has 4 aromatic rings. The number of halogens is 1. The van der Waals surface area contributed by atoms with E-state index in [2.05, 4.69) is 4.98 Å². The fourth-order valence-electron chi connectivity index (χ4n) is 3.58. The number of nitrogens with zero attached hydrogens (tertiary/aromatic N) is 3. The molecule has 1 aliphatic heterocycles. The first-order chi connectivity index (χ1) is 14.2. The number of benzene rings is 1. The summed E-state index contributed by atoms with van der Waals surface area (Å²) in [6.07, 6.45) is 3.69. The molecule has 1 saturated heterocycles. The second-order valence-corrected chi connectivity index (χ2v) is 8.94. The van der Waals surface area contributed by atoms with Gasteiger partial charge in [0.1, 0.15) is 15.3 Å². The highest BCUT2D eigenvalue weighted by Gasteiger charge is 2.22. The molecule has 148 valence electrons. The number of thiophene rings is 1. The first kappa shape index (κ1) is 18.7. The van der Waals surface area contributed by atoms with Crippen LogP contribution in [0.1, 0.15) is 18.4 Å². The van der Waals surface area contributed by atoms with Gasteiger partial charge in [0.2, 0.25) is 0 Å². The van der Waals surface area contributed by atoms with Gasteiger partial charge in [-0.15, -0.1) is 11.3 Å². The van der Waals surface area contributed by atoms with E-state index in [9.17, 15) is 9.18 Å². The minimum atomic E-state index is -0.266. The topological polar surface area (TPSA) is 57.0 Å². The van der Waals surface area contributed by atoms with E-state index in [1.165, 1.54) is 35.2 Å². The number of thioether (sulfide) groups is 1. The van der Waals surface area contributed by atoms with Crippen molar-refractivity contribution in [3.8, 4) is 0 Å². The number of hydrogen-bond donors (Lipinski definition) is 0. The Morgan fingerprint density at radius 3 is 3.07 bits per heavy atom. The molecule has 5 nitrogen and oxygen atoms in total. The van der Waals surface area contributed by atoms with E-state index in [0.717, 1.165) is 35.2 Å². The molecule has 0 radical (unpaired) electrons. The summed E-state index contributed by atoms with van der Waals surface area (Å²) in [5, 5.41) is 1.52. The van der Waals surface area contributed by atoms with Crippen molar-refractivity contribution in [3.05, 3.63) is 64.3 Å². The van der Waals surface area contributed by atoms with E-state index in [1.54, 1.807) is 16.8 Å². The van der Waals surface area contributed by atoms with E-state index in [-0.39, 0.29) is 17.5 Å². The molecule has 0 aliphatic carbocycles. The minimum absolute atomic E-state index is 0.0213. The SMILES string of the molecule is O=c1c2sc3ncccc3c2nc(SCc2cccc(F)c2)n1CC1CCCO1. The Hall–Kier alpha value is -2.29. The van der Waals surface area contributed by atoms with Crippen LogP contribution in [0.5, 0.6) is 0 Å². The highest BCUT2D eigenvalue weighted by Crippen LogP contribution is 2.31. The fraction of sp³-hybridized carbons (Fsp3) is 0.286. The lowest BCUT2D eigenvalue weighted by molar-refractivity contribution is 0.0938. The number of aromatic nitrogens is 3. The predicted molar refractivity (Wildman–Crippen MR) is 114 cm³/mol. The number of hydrogen-bond acceptors (Lipinski definition) is 6. The van der Waals surface area contributed by atoms with Crippen molar-refractivity contribution in [1.82, 2.24) is 14.5 Å². The quantitative estimate of drug-likeness (QED) is 0.344. The summed E-state index contributed by atoms with van der Waals surface area (Å²) >= 11 is 2.83. The Balaban J connectivity index is 1.60. The highest BCUT2D eigenvalue weighted by atomic mass is 32.2. The lowest BCUT2D eigenvalue weighted by Gasteiger charge is -2.15. The third kappa shape index (κ3) is 3.68. The summed E-state index contributed by atoms with van der Waals surface area (Å²) in [4.78, 5) is 23.4. The van der Waals surface area contributed by atoms with Crippen molar-refractivity contribution >= 4 is 43.5 Å². The van der Waals surface area contributed by atoms with Crippen LogP contribution in [0, 0.1) is 5.82 Å². The fourth-order valence-corrected chi connectivity index (χ4v) is 5.55. The smallest absolute Gasteiger partial charge is 0.272 e. The van der Waals surface area contributed by atoms with Crippen molar-refractivity contribution in [2.45, 2.75) is 36.4 Å². The molecular formula is C21H18FN3O2S2. The van der Waals surface area contributed by atoms with Gasteiger partial charge >= 0.3 is 0 Å². The molecule has 0 spiro atoms. The zero-order valence-corrected chi connectivity index (χ0v) is 17.1. The van der Waals surface area contributed by atoms with Gasteiger partial charge in [0.05, 0.1) is 18.2 Å². The summed E-state index contributed by atoms with van der Waals surface area (Å²) in [6, 6.07) is 10.3. The number of ether oxygens (including phenoxy) is 1. The maximum absolute atomic E-state index is 13.5. The van der Waals surface area contributed by atoms with Crippen LogP contribution < -0.4 is 5.56 Å². The van der Waals surface area contributed by atoms with E-state index >= 15 is 0 Å². The molecule has 29 heavy (non-hydrogen) atoms. The molecule has 0 N–H and O–H groups in total. The average molecular weight is 428 g/mol. The van der Waals surface area contributed by atoms with Gasteiger partial charge < -0.3 is 4.74 Å². The third-order valence-electron chi connectivity index (χ3n) is 4.98. The summed E-state index contributed by atoms with van der Waals surface area (Å²) in [5.41, 5.74) is 1.48. The largest absolute Gasteiger partial charge is 0.376 e. The molecule has 3 aromatic heterocycles. The van der Waals surface area contributed by atoms with Gasteiger partial charge in [-0.3, -0.25) is 9.36 Å². The van der Waals surface area contributed by atoms with Gasteiger partial charge in [0.15, 0.2) is 5.16 Å². The van der Waals surface area contributed by atoms with Crippen molar-refractivity contribution in [2.75, 3.05) is 6.61 Å². The Labute approximate surface area is 174 Å². The van der Waals surface area contributed by atoms with E-state index in [4.69, 9.17) is 9.72 Å². The van der Waals surface area contributed by atoms with Gasteiger partial charge in [0.25, 0.3) is 5.56 Å². The zero-order valence-electron chi connectivity index (χ0n) is 15.5. The second kappa shape index (κ2) is 7.85. The Kier molecular flexibility index (Phi) is 5.07. The van der Waals surface area contributed by atoms with Crippen LogP contribution in [-0.4, -0.2) is 27.2 Å². The molecule has 1 atom stereocenters. The molecule has 5 rings (SSSR count). The van der Waals surface area contributed by atoms with Crippen LogP contribution in [0.4, 0.5) is 4.39 Å². The predicted octanol–water partition coefficient (Wildman–Crippen LogP) is 4.62. The van der Waals surface area contributed by atoms with Gasteiger partial charge in [-0.25, -0.2) is 14.4 Å². The molecule has 1 unspecified atom stereocenters. The molecule has 0 saturated carbocycles. The van der Waals surface area contributed by atoms with Crippen LogP contribution in [0.15, 0.2) is 52.5 Å². The Morgan fingerprint density at radius 2 is 2.24 bits per heavy atom. The van der Waals surface area contributed by atoms with Crippen LogP contribution in [0.2, 0.25) is 0 Å². The van der Waals surface area contributed by atoms with E-state index < -0.39 is 0 Å². The number of pyridine rings is 1. The lowest BCUT2D eigenvalue weighted by Crippen LogP contribution is -2.28. The Morgan fingerprint density at radius 1 is 1.31 bits per heavy atom. The molecule has 4 heterocycles. The Bertz CT molecular complexity index is 1250. The third-order valence-corrected chi connectivity index (χ3v) is 7.12. The van der Waals surface area contributed by atoms with Crippen molar-refractivity contribution < 1.29 is 9.13 Å². The van der Waals surface area contributed by atoms with Crippen molar-refractivity contribution in [1.29, 1.82) is 0 Å². The minimum Gasteiger partial charge on any atom is -0.376 e. The van der Waals surface area contributed by atoms with Crippen LogP contribution in [-0.2, 0) is 17.0 Å². The van der Waals surface area contributed by atoms with Crippen molar-refractivity contribution in [2.24, 2.45) is 0 Å². The van der Waals surface area contributed by atoms with E-state index in [0.29, 0.717) is 27.7 Å². The lowest BCUT2D eigenvalue weighted by atomic mass is 10.2. The molecule has 1 fully saturated rings. The van der Waals surface area contributed by atoms with Crippen LogP contribution in [0.25, 0.3) is 20.4 Å². The summed E-state index contributed by atoms with van der Waals surface area (Å²) in [6.45, 7) is 1.21. The standard InChI is InChI=1S/C21H18FN3O2S2/c22-14-5-1-4-13(10-14)12-28-21-24-17-16-7-2-8-23-19(16)29-18(17)20(26)25(21)11-15-6-3-9-27-15/h1-2,4-5,7-8,10,15H,3,6,9,11-12H2. The second-order valence-electron chi connectivity index (χ2n) is 7.00. The normalized spacial score (nSPS) is 16.8. The molecule has 0 amide bonds. The molecular weight excluding hydrogens is 409 g/mol. The van der Waals surface area contributed by atoms with E-state index in [1.807, 2.05) is 18.2 Å². The molecule has 0 bridgehead atoms. The van der Waals surface area contributed by atoms with Crippen LogP contribution >= 0.6 is 23.1 Å². The number of fused-ring (bicyclic) bond motifs is 3. The zero-order chi connectivity index (χ0) is 19.8. The van der Waals surface area contributed by atoms with Gasteiger partial charge in [-0.2, -0.15) is 0 Å². The van der Waals surface area contributed by atoms with Gasteiger partial charge in [-0.05, 0) is 42.7 Å². The molecule has 1 aromatic carbocycles. The van der Waals surface area contributed by atoms with Gasteiger partial charge in [0, 0.05) is 23.9 Å². The van der Waals surface area contributed by atoms with Crippen molar-refractivity contribution in [3.63, 3.8) is 0 Å². The van der Waals surface area contributed by atoms with Gasteiger partial charge in [-0.1, -0.05) is 23.9 Å². The maximum atomic E-state index is 13.5. The summed E-state index contributed by atoms with van der Waals surface area (Å²) < 4.78 is 21.6. The molecule has 8 heteroatoms. The number of rotatable bonds is 5. The first-order valence-electron chi connectivity index (χ1n) is 9.46. The first-order valence-corrected chi connectivity index (χ1v) is 11.3. The summed E-state index contributed by atoms with van der Waals surface area (Å²) in [5.74, 6) is 0.264. The maximum Gasteiger partial charge on any atom is 0.272 e. The summed E-state index contributed by atoms with van der Waals surface area (Å²) in [7, 11) is 0. The average Bonchev–Trinajstić information content (AvgIpc) is 3.37. The monoisotopic (exact) mass is 427 g/mol. The molecule has 1 aliphatic rings.